The minimum Gasteiger partial charge on any atom is -0.462 e. The highest BCUT2D eigenvalue weighted by Crippen LogP contribution is 2.50. The van der Waals surface area contributed by atoms with Gasteiger partial charge in [-0.25, -0.2) is 0 Å². The molecule has 0 bridgehead atoms. The Morgan fingerprint density at radius 2 is 2.29 bits per heavy atom. The van der Waals surface area contributed by atoms with Gasteiger partial charge in [-0.3, -0.25) is 9.79 Å². The summed E-state index contributed by atoms with van der Waals surface area (Å²) in [6, 6.07) is 0. The van der Waals surface area contributed by atoms with E-state index in [1.807, 2.05) is 32.1 Å². The summed E-state index contributed by atoms with van der Waals surface area (Å²) >= 11 is 0. The summed E-state index contributed by atoms with van der Waals surface area (Å²) in [7, 11) is 0. The SMILES string of the molecule is C=NC(=C\C=C/C)/C=C/C1C2CCNCC2CC2C(=O)OC(C)C21. The minimum absolute atomic E-state index is 0.00134. The number of rotatable bonds is 4. The van der Waals surface area contributed by atoms with Gasteiger partial charge in [0, 0.05) is 5.92 Å². The first-order valence-corrected chi connectivity index (χ1v) is 9.04. The number of esters is 1. The van der Waals surface area contributed by atoms with Crippen LogP contribution in [0.3, 0.4) is 0 Å². The third-order valence-corrected chi connectivity index (χ3v) is 5.90. The summed E-state index contributed by atoms with van der Waals surface area (Å²) < 4.78 is 5.59. The molecular formula is C20H28N2O2. The minimum atomic E-state index is 0.00134. The van der Waals surface area contributed by atoms with Crippen molar-refractivity contribution in [2.24, 2.45) is 34.6 Å². The van der Waals surface area contributed by atoms with E-state index < -0.39 is 0 Å². The van der Waals surface area contributed by atoms with Crippen molar-refractivity contribution < 1.29 is 9.53 Å². The van der Waals surface area contributed by atoms with E-state index in [1.54, 1.807) is 0 Å². The lowest BCUT2D eigenvalue weighted by molar-refractivity contribution is -0.144. The molecule has 24 heavy (non-hydrogen) atoms. The number of hydrogen-bond acceptors (Lipinski definition) is 4. The number of carbonyl (C=O) groups excluding carboxylic acids is 1. The highest BCUT2D eigenvalue weighted by Gasteiger charge is 2.53. The Balaban J connectivity index is 1.88. The zero-order chi connectivity index (χ0) is 17.1. The van der Waals surface area contributed by atoms with Gasteiger partial charge in [-0.2, -0.15) is 0 Å². The third-order valence-electron chi connectivity index (χ3n) is 5.90. The summed E-state index contributed by atoms with van der Waals surface area (Å²) in [5, 5.41) is 3.49. The van der Waals surface area contributed by atoms with E-state index >= 15 is 0 Å². The van der Waals surface area contributed by atoms with Gasteiger partial charge in [0.25, 0.3) is 0 Å². The molecule has 2 heterocycles. The number of allylic oxidation sites excluding steroid dienone is 5. The van der Waals surface area contributed by atoms with Crippen molar-refractivity contribution in [3.05, 3.63) is 36.1 Å². The predicted octanol–water partition coefficient (Wildman–Crippen LogP) is 3.13. The van der Waals surface area contributed by atoms with Gasteiger partial charge in [0.05, 0.1) is 11.6 Å². The monoisotopic (exact) mass is 328 g/mol. The molecule has 0 spiro atoms. The molecular weight excluding hydrogens is 300 g/mol. The molecule has 4 nitrogen and oxygen atoms in total. The van der Waals surface area contributed by atoms with E-state index in [0.29, 0.717) is 23.7 Å². The summed E-state index contributed by atoms with van der Waals surface area (Å²) in [5.74, 6) is 1.89. The van der Waals surface area contributed by atoms with Crippen LogP contribution in [-0.4, -0.2) is 31.9 Å². The second kappa shape index (κ2) is 7.47. The van der Waals surface area contributed by atoms with Gasteiger partial charge in [-0.15, -0.1) is 0 Å². The van der Waals surface area contributed by atoms with Crippen LogP contribution in [0.2, 0.25) is 0 Å². The van der Waals surface area contributed by atoms with Gasteiger partial charge in [0.1, 0.15) is 6.10 Å². The number of aliphatic imine (C=N–C) groups is 1. The Kier molecular flexibility index (Phi) is 5.34. The molecule has 0 aromatic heterocycles. The van der Waals surface area contributed by atoms with Crippen molar-refractivity contribution in [1.29, 1.82) is 0 Å². The normalized spacial score (nSPS) is 39.8. The number of fused-ring (bicyclic) bond motifs is 2. The maximum absolute atomic E-state index is 12.3. The van der Waals surface area contributed by atoms with Crippen LogP contribution in [0.5, 0.6) is 0 Å². The van der Waals surface area contributed by atoms with Gasteiger partial charge in [0.2, 0.25) is 0 Å². The topological polar surface area (TPSA) is 50.7 Å². The van der Waals surface area contributed by atoms with Crippen LogP contribution in [0.4, 0.5) is 0 Å². The van der Waals surface area contributed by atoms with Crippen LogP contribution < -0.4 is 5.32 Å². The molecule has 3 aliphatic rings. The molecule has 6 atom stereocenters. The highest BCUT2D eigenvalue weighted by atomic mass is 16.6. The van der Waals surface area contributed by atoms with Crippen LogP contribution in [0, 0.1) is 29.6 Å². The Morgan fingerprint density at radius 1 is 1.46 bits per heavy atom. The lowest BCUT2D eigenvalue weighted by atomic mass is 9.59. The molecule has 0 aromatic rings. The number of ether oxygens (including phenoxy) is 1. The van der Waals surface area contributed by atoms with E-state index in [0.717, 1.165) is 25.2 Å². The average Bonchev–Trinajstić information content (AvgIpc) is 2.88. The van der Waals surface area contributed by atoms with E-state index in [4.69, 9.17) is 4.74 Å². The largest absolute Gasteiger partial charge is 0.462 e. The van der Waals surface area contributed by atoms with Gasteiger partial charge >= 0.3 is 5.97 Å². The number of cyclic esters (lactones) is 1. The molecule has 0 amide bonds. The first-order valence-electron chi connectivity index (χ1n) is 9.04. The second-order valence-electron chi connectivity index (χ2n) is 7.19. The molecule has 6 unspecified atom stereocenters. The van der Waals surface area contributed by atoms with Crippen molar-refractivity contribution >= 4 is 12.7 Å². The van der Waals surface area contributed by atoms with E-state index in [2.05, 4.69) is 29.2 Å². The second-order valence-corrected chi connectivity index (χ2v) is 7.19. The molecule has 4 heteroatoms. The average molecular weight is 328 g/mol. The fourth-order valence-corrected chi connectivity index (χ4v) is 4.82. The molecule has 3 fully saturated rings. The summed E-state index contributed by atoms with van der Waals surface area (Å²) in [6.45, 7) is 9.77. The predicted molar refractivity (Wildman–Crippen MR) is 96.7 cm³/mol. The zero-order valence-corrected chi connectivity index (χ0v) is 14.7. The van der Waals surface area contributed by atoms with Crippen molar-refractivity contribution in [3.8, 4) is 0 Å². The smallest absolute Gasteiger partial charge is 0.309 e. The zero-order valence-electron chi connectivity index (χ0n) is 14.7. The van der Waals surface area contributed by atoms with E-state index in [1.165, 1.54) is 6.42 Å². The fourth-order valence-electron chi connectivity index (χ4n) is 4.82. The number of nitrogens with one attached hydrogen (secondary N) is 1. The van der Waals surface area contributed by atoms with Crippen molar-refractivity contribution in [2.45, 2.75) is 32.8 Å². The fraction of sp³-hybridized carbons (Fsp3) is 0.600. The summed E-state index contributed by atoms with van der Waals surface area (Å²) in [4.78, 5) is 16.4. The Hall–Kier alpha value is -1.68. The molecule has 2 saturated heterocycles. The Labute approximate surface area is 144 Å². The number of nitrogens with zero attached hydrogens (tertiary/aromatic N) is 1. The molecule has 0 aromatic carbocycles. The van der Waals surface area contributed by atoms with E-state index in [-0.39, 0.29) is 18.0 Å². The maximum atomic E-state index is 12.3. The standard InChI is InChI=1S/C20H28N2O2/c1-4-5-6-15(21-3)7-8-17-16-9-10-22-12-14(16)11-18-19(17)13(2)24-20(18)23/h4-8,13-14,16-19,22H,3,9-12H2,1-2H3/b5-4-,8-7+,15-6-. The lowest BCUT2D eigenvalue weighted by Gasteiger charge is -2.45. The van der Waals surface area contributed by atoms with Gasteiger partial charge in [-0.1, -0.05) is 18.2 Å². The molecule has 130 valence electrons. The van der Waals surface area contributed by atoms with Crippen LogP contribution in [0.15, 0.2) is 41.1 Å². The Morgan fingerprint density at radius 3 is 3.04 bits per heavy atom. The molecule has 1 N–H and O–H groups in total. The van der Waals surface area contributed by atoms with E-state index in [9.17, 15) is 4.79 Å². The van der Waals surface area contributed by atoms with Gasteiger partial charge in [-0.05, 0) is 76.4 Å². The first kappa shape index (κ1) is 17.2. The molecule has 1 aliphatic carbocycles. The molecule has 1 saturated carbocycles. The quantitative estimate of drug-likeness (QED) is 0.490. The number of carbonyl (C=O) groups is 1. The maximum Gasteiger partial charge on any atom is 0.309 e. The van der Waals surface area contributed by atoms with Crippen LogP contribution in [-0.2, 0) is 9.53 Å². The van der Waals surface area contributed by atoms with Crippen molar-refractivity contribution in [3.63, 3.8) is 0 Å². The van der Waals surface area contributed by atoms with Crippen LogP contribution >= 0.6 is 0 Å². The number of hydrogen-bond donors (Lipinski definition) is 1. The lowest BCUT2D eigenvalue weighted by Crippen LogP contribution is -2.48. The van der Waals surface area contributed by atoms with Gasteiger partial charge in [0.15, 0.2) is 0 Å². The third kappa shape index (κ3) is 3.25. The summed E-state index contributed by atoms with van der Waals surface area (Å²) in [5.41, 5.74) is 0.860. The number of piperidine rings is 1. The molecule has 3 rings (SSSR count). The van der Waals surface area contributed by atoms with Crippen molar-refractivity contribution in [2.75, 3.05) is 13.1 Å². The van der Waals surface area contributed by atoms with Crippen LogP contribution in [0.25, 0.3) is 0 Å². The summed E-state index contributed by atoms with van der Waals surface area (Å²) in [6.07, 6.45) is 12.4. The Bertz CT molecular complexity index is 578. The molecule has 2 aliphatic heterocycles. The first-order chi connectivity index (χ1) is 11.7. The van der Waals surface area contributed by atoms with Gasteiger partial charge < -0.3 is 10.1 Å². The van der Waals surface area contributed by atoms with Crippen molar-refractivity contribution in [1.82, 2.24) is 5.32 Å². The highest BCUT2D eigenvalue weighted by molar-refractivity contribution is 5.75. The van der Waals surface area contributed by atoms with Crippen LogP contribution in [0.1, 0.15) is 26.7 Å². The molecule has 0 radical (unpaired) electrons.